The first kappa shape index (κ1) is 8.37. The molecule has 2 rings (SSSR count). The minimum absolute atomic E-state index is 0.950. The third-order valence-corrected chi connectivity index (χ3v) is 2.15. The lowest BCUT2D eigenvalue weighted by atomic mass is 10.2. The van der Waals surface area contributed by atoms with Crippen LogP contribution in [0.2, 0.25) is 0 Å². The summed E-state index contributed by atoms with van der Waals surface area (Å²) in [6.07, 6.45) is 5.24. The molecular formula is C8H7BrN4. The number of pyridine rings is 1. The van der Waals surface area contributed by atoms with Crippen LogP contribution in [-0.4, -0.2) is 20.0 Å². The van der Waals surface area contributed by atoms with Crippen molar-refractivity contribution in [1.29, 1.82) is 0 Å². The van der Waals surface area contributed by atoms with Crippen molar-refractivity contribution >= 4 is 15.9 Å². The van der Waals surface area contributed by atoms with Gasteiger partial charge < -0.3 is 0 Å². The van der Waals surface area contributed by atoms with Gasteiger partial charge in [0.15, 0.2) is 0 Å². The Balaban J connectivity index is 2.53. The summed E-state index contributed by atoms with van der Waals surface area (Å²) >= 11 is 3.36. The fourth-order valence-electron chi connectivity index (χ4n) is 1.10. The zero-order chi connectivity index (χ0) is 9.26. The highest BCUT2D eigenvalue weighted by molar-refractivity contribution is 9.10. The number of hydrogen-bond donors (Lipinski definition) is 0. The van der Waals surface area contributed by atoms with E-state index in [0.29, 0.717) is 0 Å². The van der Waals surface area contributed by atoms with Crippen LogP contribution in [-0.2, 0) is 7.05 Å². The van der Waals surface area contributed by atoms with E-state index in [1.54, 1.807) is 23.3 Å². The molecular weight excluding hydrogens is 232 g/mol. The molecule has 0 atom stereocenters. The number of aryl methyl sites for hydroxylation is 1. The van der Waals surface area contributed by atoms with Gasteiger partial charge in [-0.3, -0.25) is 4.98 Å². The fourth-order valence-corrected chi connectivity index (χ4v) is 1.47. The van der Waals surface area contributed by atoms with Gasteiger partial charge in [-0.1, -0.05) is 5.21 Å². The first-order valence-corrected chi connectivity index (χ1v) is 4.52. The molecule has 0 amide bonds. The van der Waals surface area contributed by atoms with Crippen LogP contribution in [0.4, 0.5) is 0 Å². The Morgan fingerprint density at radius 2 is 2.15 bits per heavy atom. The SMILES string of the molecule is Cn1nncc1-c1cncc(Br)c1. The number of halogens is 1. The van der Waals surface area contributed by atoms with Crippen molar-refractivity contribution in [2.24, 2.45) is 7.05 Å². The summed E-state index contributed by atoms with van der Waals surface area (Å²) in [6, 6.07) is 1.98. The maximum atomic E-state index is 4.07. The van der Waals surface area contributed by atoms with E-state index >= 15 is 0 Å². The van der Waals surface area contributed by atoms with E-state index in [0.717, 1.165) is 15.7 Å². The highest BCUT2D eigenvalue weighted by Gasteiger charge is 2.03. The monoisotopic (exact) mass is 238 g/mol. The second-order valence-corrected chi connectivity index (χ2v) is 3.55. The Labute approximate surface area is 83.7 Å². The van der Waals surface area contributed by atoms with Gasteiger partial charge in [0.05, 0.1) is 11.9 Å². The maximum Gasteiger partial charge on any atom is 0.0898 e. The van der Waals surface area contributed by atoms with Crippen molar-refractivity contribution < 1.29 is 0 Å². The highest BCUT2D eigenvalue weighted by Crippen LogP contribution is 2.19. The maximum absolute atomic E-state index is 4.07. The molecule has 0 N–H and O–H groups in total. The molecule has 0 aromatic carbocycles. The molecule has 0 aliphatic carbocycles. The number of aromatic nitrogens is 4. The average molecular weight is 239 g/mol. The van der Waals surface area contributed by atoms with Crippen molar-refractivity contribution in [3.8, 4) is 11.3 Å². The van der Waals surface area contributed by atoms with Gasteiger partial charge in [0.1, 0.15) is 0 Å². The lowest BCUT2D eigenvalue weighted by Gasteiger charge is -1.99. The van der Waals surface area contributed by atoms with Crippen LogP contribution in [0.3, 0.4) is 0 Å². The van der Waals surface area contributed by atoms with Gasteiger partial charge >= 0.3 is 0 Å². The minimum atomic E-state index is 0.950. The van der Waals surface area contributed by atoms with Crippen LogP contribution in [0, 0.1) is 0 Å². The van der Waals surface area contributed by atoms with Gasteiger partial charge in [-0.15, -0.1) is 5.10 Å². The Hall–Kier alpha value is -1.23. The summed E-state index contributed by atoms with van der Waals surface area (Å²) in [5.41, 5.74) is 1.95. The molecule has 13 heavy (non-hydrogen) atoms. The molecule has 2 aromatic heterocycles. The van der Waals surface area contributed by atoms with E-state index < -0.39 is 0 Å². The molecule has 2 heterocycles. The summed E-state index contributed by atoms with van der Waals surface area (Å²) in [5.74, 6) is 0. The first-order chi connectivity index (χ1) is 6.27. The van der Waals surface area contributed by atoms with Crippen molar-refractivity contribution in [3.05, 3.63) is 29.1 Å². The Kier molecular flexibility index (Phi) is 2.10. The largest absolute Gasteiger partial charge is 0.263 e. The molecule has 0 unspecified atom stereocenters. The molecule has 66 valence electrons. The molecule has 0 aliphatic heterocycles. The van der Waals surface area contributed by atoms with E-state index in [1.807, 2.05) is 13.1 Å². The second-order valence-electron chi connectivity index (χ2n) is 2.63. The van der Waals surface area contributed by atoms with E-state index in [2.05, 4.69) is 31.2 Å². The van der Waals surface area contributed by atoms with E-state index in [9.17, 15) is 0 Å². The quantitative estimate of drug-likeness (QED) is 0.759. The number of hydrogen-bond acceptors (Lipinski definition) is 3. The molecule has 2 aromatic rings. The summed E-state index contributed by atoms with van der Waals surface area (Å²) in [6.45, 7) is 0. The number of rotatable bonds is 1. The van der Waals surface area contributed by atoms with E-state index in [1.165, 1.54) is 0 Å². The topological polar surface area (TPSA) is 43.6 Å². The molecule has 0 bridgehead atoms. The van der Waals surface area contributed by atoms with Gasteiger partial charge in [0, 0.05) is 29.5 Å². The zero-order valence-corrected chi connectivity index (χ0v) is 8.56. The van der Waals surface area contributed by atoms with E-state index in [4.69, 9.17) is 0 Å². The first-order valence-electron chi connectivity index (χ1n) is 3.73. The molecule has 0 saturated carbocycles. The molecule has 0 radical (unpaired) electrons. The van der Waals surface area contributed by atoms with Crippen molar-refractivity contribution in [2.75, 3.05) is 0 Å². The fraction of sp³-hybridized carbons (Fsp3) is 0.125. The number of nitrogens with zero attached hydrogens (tertiary/aromatic N) is 4. The van der Waals surface area contributed by atoms with Crippen LogP contribution < -0.4 is 0 Å². The Morgan fingerprint density at radius 3 is 2.77 bits per heavy atom. The predicted octanol–water partition coefficient (Wildman–Crippen LogP) is 1.64. The molecule has 0 fully saturated rings. The summed E-state index contributed by atoms with van der Waals surface area (Å²) in [5, 5.41) is 7.64. The highest BCUT2D eigenvalue weighted by atomic mass is 79.9. The normalized spacial score (nSPS) is 10.3. The predicted molar refractivity (Wildman–Crippen MR) is 51.9 cm³/mol. The third kappa shape index (κ3) is 1.60. The van der Waals surface area contributed by atoms with Crippen LogP contribution in [0.1, 0.15) is 0 Å². The molecule has 0 spiro atoms. The van der Waals surface area contributed by atoms with E-state index in [-0.39, 0.29) is 0 Å². The Morgan fingerprint density at radius 1 is 1.31 bits per heavy atom. The van der Waals surface area contributed by atoms with Crippen molar-refractivity contribution in [3.63, 3.8) is 0 Å². The summed E-state index contributed by atoms with van der Waals surface area (Å²) in [4.78, 5) is 4.07. The molecule has 0 saturated heterocycles. The van der Waals surface area contributed by atoms with Gasteiger partial charge in [-0.25, -0.2) is 4.68 Å². The van der Waals surface area contributed by atoms with Gasteiger partial charge in [-0.05, 0) is 22.0 Å². The standard InChI is InChI=1S/C8H7BrN4/c1-13-8(5-11-12-13)6-2-7(9)4-10-3-6/h2-5H,1H3. The summed E-state index contributed by atoms with van der Waals surface area (Å²) < 4.78 is 2.66. The molecule has 4 nitrogen and oxygen atoms in total. The van der Waals surface area contributed by atoms with Gasteiger partial charge in [-0.2, -0.15) is 0 Å². The lowest BCUT2D eigenvalue weighted by molar-refractivity contribution is 0.720. The minimum Gasteiger partial charge on any atom is -0.263 e. The van der Waals surface area contributed by atoms with Crippen LogP contribution in [0.15, 0.2) is 29.1 Å². The van der Waals surface area contributed by atoms with Gasteiger partial charge in [0.2, 0.25) is 0 Å². The van der Waals surface area contributed by atoms with Crippen LogP contribution >= 0.6 is 15.9 Å². The second kappa shape index (κ2) is 3.26. The van der Waals surface area contributed by atoms with Crippen molar-refractivity contribution in [2.45, 2.75) is 0 Å². The Bertz CT molecular complexity index is 424. The van der Waals surface area contributed by atoms with Gasteiger partial charge in [0.25, 0.3) is 0 Å². The lowest BCUT2D eigenvalue weighted by Crippen LogP contribution is -1.93. The molecule has 0 aliphatic rings. The molecule has 5 heteroatoms. The smallest absolute Gasteiger partial charge is 0.0898 e. The average Bonchev–Trinajstić information content (AvgIpc) is 2.51. The van der Waals surface area contributed by atoms with Crippen molar-refractivity contribution in [1.82, 2.24) is 20.0 Å². The third-order valence-electron chi connectivity index (χ3n) is 1.72. The summed E-state index contributed by atoms with van der Waals surface area (Å²) in [7, 11) is 1.85. The van der Waals surface area contributed by atoms with Crippen LogP contribution in [0.5, 0.6) is 0 Å². The van der Waals surface area contributed by atoms with Crippen LogP contribution in [0.25, 0.3) is 11.3 Å². The zero-order valence-electron chi connectivity index (χ0n) is 6.98.